The fourth-order valence-corrected chi connectivity index (χ4v) is 4.85. The fraction of sp³-hybridized carbons (Fsp3) is 0.435. The van der Waals surface area contributed by atoms with Gasteiger partial charge in [-0.3, -0.25) is 4.79 Å². The highest BCUT2D eigenvalue weighted by Gasteiger charge is 2.35. The first-order chi connectivity index (χ1) is 16.0. The molecule has 2 saturated heterocycles. The Balaban J connectivity index is 1.13. The Hall–Kier alpha value is -3.27. The van der Waals surface area contributed by atoms with Gasteiger partial charge in [-0.25, -0.2) is 19.9 Å². The highest BCUT2D eigenvalue weighted by molar-refractivity contribution is 7.14. The summed E-state index contributed by atoms with van der Waals surface area (Å²) in [5.74, 6) is 1.64. The van der Waals surface area contributed by atoms with Crippen molar-refractivity contribution in [3.63, 3.8) is 0 Å². The zero-order chi connectivity index (χ0) is 22.9. The van der Waals surface area contributed by atoms with Crippen LogP contribution in [-0.2, 0) is 4.79 Å². The summed E-state index contributed by atoms with van der Waals surface area (Å²) < 4.78 is 6.16. The van der Waals surface area contributed by atoms with Crippen molar-refractivity contribution in [2.24, 2.45) is 5.92 Å². The molecule has 2 fully saturated rings. The Kier molecular flexibility index (Phi) is 5.84. The standard InChI is InChI=1S/C23H27N7O2S/c1-15-8-25-21(33-15)20-5-4-18(11-24-20)32-19-6-7-29(14-19)17-9-26-23(27-10-17)30-12-16(13-30)22(31)28(2)3/h4-5,8-11,16,19H,6-7,12-14H2,1-3H3/t19-/m1/s1. The van der Waals surface area contributed by atoms with Gasteiger partial charge in [0.1, 0.15) is 16.9 Å². The molecular weight excluding hydrogens is 438 g/mol. The molecule has 0 saturated carbocycles. The number of carbonyl (C=O) groups excluding carboxylic acids is 1. The van der Waals surface area contributed by atoms with E-state index in [0.717, 1.165) is 41.6 Å². The quantitative estimate of drug-likeness (QED) is 0.549. The number of thiazole rings is 1. The fourth-order valence-electron chi connectivity index (χ4n) is 4.11. The van der Waals surface area contributed by atoms with Crippen LogP contribution >= 0.6 is 11.3 Å². The van der Waals surface area contributed by atoms with Crippen LogP contribution in [0.1, 0.15) is 11.3 Å². The summed E-state index contributed by atoms with van der Waals surface area (Å²) in [5, 5.41) is 0.924. The highest BCUT2D eigenvalue weighted by Crippen LogP contribution is 2.27. The van der Waals surface area contributed by atoms with Crippen LogP contribution in [0.2, 0.25) is 0 Å². The van der Waals surface area contributed by atoms with Gasteiger partial charge in [0.05, 0.1) is 42.4 Å². The van der Waals surface area contributed by atoms with Crippen LogP contribution in [0.4, 0.5) is 11.6 Å². The van der Waals surface area contributed by atoms with Crippen molar-refractivity contribution in [3.05, 3.63) is 41.8 Å². The maximum absolute atomic E-state index is 12.0. The van der Waals surface area contributed by atoms with Crippen LogP contribution in [0.25, 0.3) is 10.7 Å². The third-order valence-electron chi connectivity index (χ3n) is 5.97. The molecule has 9 nitrogen and oxygen atoms in total. The summed E-state index contributed by atoms with van der Waals surface area (Å²) in [6.07, 6.45) is 8.37. The number of nitrogens with zero attached hydrogens (tertiary/aromatic N) is 7. The summed E-state index contributed by atoms with van der Waals surface area (Å²) in [4.78, 5) is 37.0. The number of aromatic nitrogens is 4. The number of hydrogen-bond donors (Lipinski definition) is 0. The summed E-state index contributed by atoms with van der Waals surface area (Å²) in [6.45, 7) is 5.05. The molecule has 1 atom stereocenters. The molecule has 3 aromatic rings. The minimum Gasteiger partial charge on any atom is -0.487 e. The molecule has 0 aliphatic carbocycles. The monoisotopic (exact) mass is 465 g/mol. The summed E-state index contributed by atoms with van der Waals surface area (Å²) in [6, 6.07) is 3.92. The van der Waals surface area contributed by atoms with Crippen LogP contribution in [-0.4, -0.2) is 77.1 Å². The van der Waals surface area contributed by atoms with Crippen molar-refractivity contribution in [1.29, 1.82) is 0 Å². The first kappa shape index (κ1) is 21.6. The molecule has 0 N–H and O–H groups in total. The molecule has 172 valence electrons. The van der Waals surface area contributed by atoms with E-state index in [2.05, 4.69) is 24.8 Å². The molecule has 0 bridgehead atoms. The van der Waals surface area contributed by atoms with E-state index in [1.54, 1.807) is 36.5 Å². The van der Waals surface area contributed by atoms with E-state index in [9.17, 15) is 4.79 Å². The Bertz CT molecular complexity index is 1110. The lowest BCUT2D eigenvalue weighted by Gasteiger charge is -2.39. The van der Waals surface area contributed by atoms with E-state index in [1.807, 2.05) is 42.5 Å². The minimum atomic E-state index is 0.0361. The highest BCUT2D eigenvalue weighted by atomic mass is 32.1. The number of ether oxygens (including phenoxy) is 1. The Morgan fingerprint density at radius 2 is 1.82 bits per heavy atom. The van der Waals surface area contributed by atoms with Gasteiger partial charge in [0, 0.05) is 51.2 Å². The third-order valence-corrected chi connectivity index (χ3v) is 6.90. The van der Waals surface area contributed by atoms with E-state index >= 15 is 0 Å². The molecule has 33 heavy (non-hydrogen) atoms. The topological polar surface area (TPSA) is 87.6 Å². The number of amides is 1. The van der Waals surface area contributed by atoms with Crippen molar-refractivity contribution < 1.29 is 9.53 Å². The minimum absolute atomic E-state index is 0.0361. The first-order valence-electron chi connectivity index (χ1n) is 11.0. The third kappa shape index (κ3) is 4.61. The average molecular weight is 466 g/mol. The number of hydrogen-bond acceptors (Lipinski definition) is 9. The summed E-state index contributed by atoms with van der Waals surface area (Å²) in [5.41, 5.74) is 1.85. The van der Waals surface area contributed by atoms with E-state index in [1.165, 1.54) is 4.88 Å². The second-order valence-corrected chi connectivity index (χ2v) is 9.94. The zero-order valence-electron chi connectivity index (χ0n) is 19.0. The number of carbonyl (C=O) groups is 1. The lowest BCUT2D eigenvalue weighted by atomic mass is 9.99. The molecule has 5 heterocycles. The van der Waals surface area contributed by atoms with Crippen LogP contribution in [0.5, 0.6) is 5.75 Å². The zero-order valence-corrected chi connectivity index (χ0v) is 19.8. The molecular formula is C23H27N7O2S. The first-order valence-corrected chi connectivity index (χ1v) is 11.9. The molecule has 1 amide bonds. The molecule has 3 aromatic heterocycles. The van der Waals surface area contributed by atoms with Gasteiger partial charge in [0.25, 0.3) is 0 Å². The molecule has 2 aliphatic heterocycles. The normalized spacial score (nSPS) is 18.3. The van der Waals surface area contributed by atoms with Gasteiger partial charge in [-0.2, -0.15) is 0 Å². The predicted octanol–water partition coefficient (Wildman–Crippen LogP) is 2.49. The molecule has 10 heteroatoms. The average Bonchev–Trinajstić information content (AvgIpc) is 3.43. The van der Waals surface area contributed by atoms with E-state index in [4.69, 9.17) is 4.74 Å². The summed E-state index contributed by atoms with van der Waals surface area (Å²) in [7, 11) is 3.58. The lowest BCUT2D eigenvalue weighted by molar-refractivity contribution is -0.133. The van der Waals surface area contributed by atoms with Gasteiger partial charge in [0.15, 0.2) is 0 Å². The Morgan fingerprint density at radius 1 is 1.03 bits per heavy atom. The van der Waals surface area contributed by atoms with E-state index in [-0.39, 0.29) is 17.9 Å². The van der Waals surface area contributed by atoms with Crippen molar-refractivity contribution in [3.8, 4) is 16.5 Å². The van der Waals surface area contributed by atoms with Gasteiger partial charge in [-0.15, -0.1) is 11.3 Å². The van der Waals surface area contributed by atoms with E-state index in [0.29, 0.717) is 19.0 Å². The second-order valence-electron chi connectivity index (χ2n) is 8.71. The molecule has 0 unspecified atom stereocenters. The van der Waals surface area contributed by atoms with E-state index < -0.39 is 0 Å². The van der Waals surface area contributed by atoms with Crippen LogP contribution in [0.15, 0.2) is 36.9 Å². The van der Waals surface area contributed by atoms with Gasteiger partial charge >= 0.3 is 0 Å². The largest absolute Gasteiger partial charge is 0.487 e. The maximum atomic E-state index is 12.0. The molecule has 0 radical (unpaired) electrons. The molecule has 0 spiro atoms. The van der Waals surface area contributed by atoms with Gasteiger partial charge in [-0.05, 0) is 19.1 Å². The summed E-state index contributed by atoms with van der Waals surface area (Å²) >= 11 is 1.63. The number of aryl methyl sites for hydroxylation is 1. The molecule has 0 aromatic carbocycles. The van der Waals surface area contributed by atoms with Crippen molar-refractivity contribution >= 4 is 28.9 Å². The number of pyridine rings is 1. The second kappa shape index (κ2) is 8.93. The number of rotatable bonds is 6. The Morgan fingerprint density at radius 3 is 2.45 bits per heavy atom. The van der Waals surface area contributed by atoms with Gasteiger partial charge in [-0.1, -0.05) is 0 Å². The van der Waals surface area contributed by atoms with Crippen LogP contribution < -0.4 is 14.5 Å². The van der Waals surface area contributed by atoms with Gasteiger partial charge < -0.3 is 19.4 Å². The van der Waals surface area contributed by atoms with Gasteiger partial charge in [0.2, 0.25) is 11.9 Å². The molecule has 2 aliphatic rings. The smallest absolute Gasteiger partial charge is 0.228 e. The van der Waals surface area contributed by atoms with Crippen molar-refractivity contribution in [2.75, 3.05) is 50.1 Å². The van der Waals surface area contributed by atoms with Crippen LogP contribution in [0, 0.1) is 12.8 Å². The lowest BCUT2D eigenvalue weighted by Crippen LogP contribution is -2.54. The Labute approximate surface area is 197 Å². The van der Waals surface area contributed by atoms with Crippen LogP contribution in [0.3, 0.4) is 0 Å². The van der Waals surface area contributed by atoms with Crippen molar-refractivity contribution in [2.45, 2.75) is 19.4 Å². The van der Waals surface area contributed by atoms with Crippen molar-refractivity contribution in [1.82, 2.24) is 24.8 Å². The predicted molar refractivity (Wildman–Crippen MR) is 128 cm³/mol. The number of anilines is 2. The maximum Gasteiger partial charge on any atom is 0.228 e. The SMILES string of the molecule is Cc1cnc(-c2ccc(O[C@@H]3CCN(c4cnc(N5CC(C(=O)N(C)C)C5)nc4)C3)cn2)s1. The molecule has 5 rings (SSSR count).